The van der Waals surface area contributed by atoms with Crippen LogP contribution in [0.3, 0.4) is 0 Å². The number of rotatable bonds is 1. The Morgan fingerprint density at radius 3 is 2.25 bits per heavy atom. The van der Waals surface area contributed by atoms with Crippen LogP contribution in [0.4, 0.5) is 0 Å². The first-order valence-corrected chi connectivity index (χ1v) is 5.44. The third kappa shape index (κ3) is 1.88. The van der Waals surface area contributed by atoms with Gasteiger partial charge in [0.2, 0.25) is 0 Å². The SMILES string of the molecule is [B]c1ccc(S(C)(=O)=NC)cc1. The number of benzene rings is 1. The quantitative estimate of drug-likeness (QED) is 0.579. The summed E-state index contributed by atoms with van der Waals surface area (Å²) in [7, 11) is 4.85. The van der Waals surface area contributed by atoms with Gasteiger partial charge in [-0.15, -0.1) is 0 Å². The lowest BCUT2D eigenvalue weighted by Crippen LogP contribution is -2.03. The maximum absolute atomic E-state index is 11.7. The summed E-state index contributed by atoms with van der Waals surface area (Å²) in [6.07, 6.45) is 1.61. The fraction of sp³-hybridized carbons (Fsp3) is 0.250. The number of nitrogens with zero attached hydrogens (tertiary/aromatic N) is 1. The lowest BCUT2D eigenvalue weighted by Gasteiger charge is -2.02. The van der Waals surface area contributed by atoms with Crippen LogP contribution >= 0.6 is 0 Å². The zero-order chi connectivity index (χ0) is 9.19. The van der Waals surface area contributed by atoms with Crippen molar-refractivity contribution in [2.75, 3.05) is 13.3 Å². The molecule has 0 heterocycles. The van der Waals surface area contributed by atoms with Crippen molar-refractivity contribution in [2.45, 2.75) is 4.90 Å². The van der Waals surface area contributed by atoms with Crippen molar-refractivity contribution < 1.29 is 4.21 Å². The molecule has 0 aromatic heterocycles. The van der Waals surface area contributed by atoms with E-state index in [4.69, 9.17) is 7.85 Å². The van der Waals surface area contributed by atoms with Crippen LogP contribution in [0.5, 0.6) is 0 Å². The molecule has 1 unspecified atom stereocenters. The standard InChI is InChI=1S/C8H10BNOS/c1-10-12(2,11)8-5-3-7(9)4-6-8/h3-6H,1-2H3. The highest BCUT2D eigenvalue weighted by Gasteiger charge is 2.02. The van der Waals surface area contributed by atoms with Crippen LogP contribution in [-0.2, 0) is 9.73 Å². The summed E-state index contributed by atoms with van der Waals surface area (Å²) in [5.74, 6) is 0. The first kappa shape index (κ1) is 9.32. The minimum Gasteiger partial charge on any atom is -0.245 e. The van der Waals surface area contributed by atoms with Crippen molar-refractivity contribution in [2.24, 2.45) is 4.36 Å². The molecule has 0 spiro atoms. The van der Waals surface area contributed by atoms with Gasteiger partial charge in [0.25, 0.3) is 0 Å². The van der Waals surface area contributed by atoms with E-state index < -0.39 is 9.73 Å². The van der Waals surface area contributed by atoms with Crippen LogP contribution in [-0.4, -0.2) is 25.4 Å². The van der Waals surface area contributed by atoms with E-state index in [2.05, 4.69) is 4.36 Å². The molecule has 2 nitrogen and oxygen atoms in total. The molecule has 4 heteroatoms. The molecule has 0 saturated carbocycles. The molecule has 0 aliphatic carbocycles. The minimum absolute atomic E-state index is 0.671. The Morgan fingerprint density at radius 2 is 1.83 bits per heavy atom. The Bertz CT molecular complexity index is 377. The summed E-state index contributed by atoms with van der Waals surface area (Å²) in [4.78, 5) is 0.721. The molecule has 1 aromatic rings. The molecule has 1 aromatic carbocycles. The van der Waals surface area contributed by atoms with Crippen molar-refractivity contribution in [1.82, 2.24) is 0 Å². The van der Waals surface area contributed by atoms with Gasteiger partial charge in [-0.1, -0.05) is 17.6 Å². The van der Waals surface area contributed by atoms with E-state index in [1.54, 1.807) is 37.6 Å². The van der Waals surface area contributed by atoms with E-state index in [-0.39, 0.29) is 0 Å². The molecule has 12 heavy (non-hydrogen) atoms. The average Bonchev–Trinajstić information content (AvgIpc) is 2.05. The summed E-state index contributed by atoms with van der Waals surface area (Å²) >= 11 is 0. The van der Waals surface area contributed by atoms with Crippen molar-refractivity contribution in [3.8, 4) is 0 Å². The maximum atomic E-state index is 11.7. The van der Waals surface area contributed by atoms with Crippen LogP contribution in [0.25, 0.3) is 0 Å². The summed E-state index contributed by atoms with van der Waals surface area (Å²) in [5.41, 5.74) is 0.671. The van der Waals surface area contributed by atoms with E-state index in [0.717, 1.165) is 4.90 Å². The van der Waals surface area contributed by atoms with Gasteiger partial charge in [0, 0.05) is 18.2 Å². The molecule has 62 valence electrons. The fourth-order valence-corrected chi connectivity index (χ4v) is 1.68. The minimum atomic E-state index is -2.20. The van der Waals surface area contributed by atoms with Gasteiger partial charge in [0.1, 0.15) is 7.85 Å². The number of hydrogen-bond donors (Lipinski definition) is 0. The third-order valence-corrected chi connectivity index (χ3v) is 3.51. The van der Waals surface area contributed by atoms with Crippen molar-refractivity contribution in [3.05, 3.63) is 24.3 Å². The van der Waals surface area contributed by atoms with Crippen LogP contribution < -0.4 is 5.46 Å². The van der Waals surface area contributed by atoms with E-state index >= 15 is 0 Å². The largest absolute Gasteiger partial charge is 0.245 e. The third-order valence-electron chi connectivity index (χ3n) is 1.67. The monoisotopic (exact) mass is 179 g/mol. The second kappa shape index (κ2) is 3.31. The predicted octanol–water partition coefficient (Wildman–Crippen LogP) is 0.567. The highest BCUT2D eigenvalue weighted by Crippen LogP contribution is 2.07. The zero-order valence-electron chi connectivity index (χ0n) is 7.15. The van der Waals surface area contributed by atoms with Gasteiger partial charge < -0.3 is 0 Å². The average molecular weight is 179 g/mol. The van der Waals surface area contributed by atoms with Crippen LogP contribution in [0.15, 0.2) is 33.5 Å². The zero-order valence-corrected chi connectivity index (χ0v) is 7.97. The molecule has 2 radical (unpaired) electrons. The lowest BCUT2D eigenvalue weighted by atomic mass is 9.97. The molecule has 0 aliphatic heterocycles. The van der Waals surface area contributed by atoms with Crippen molar-refractivity contribution in [3.63, 3.8) is 0 Å². The topological polar surface area (TPSA) is 29.4 Å². The van der Waals surface area contributed by atoms with Gasteiger partial charge in [-0.05, 0) is 12.1 Å². The molecule has 0 bridgehead atoms. The van der Waals surface area contributed by atoms with E-state index in [9.17, 15) is 4.21 Å². The van der Waals surface area contributed by atoms with E-state index in [1.807, 2.05) is 0 Å². The first-order chi connectivity index (χ1) is 5.56. The molecule has 0 saturated heterocycles. The molecule has 0 aliphatic rings. The Kier molecular flexibility index (Phi) is 2.57. The Balaban J connectivity index is 3.24. The van der Waals surface area contributed by atoms with Gasteiger partial charge in [-0.2, -0.15) is 0 Å². The fourth-order valence-electron chi connectivity index (χ4n) is 0.826. The van der Waals surface area contributed by atoms with Crippen molar-refractivity contribution in [1.29, 1.82) is 0 Å². The molecule has 0 amide bonds. The maximum Gasteiger partial charge on any atom is 0.113 e. The van der Waals surface area contributed by atoms with E-state index in [0.29, 0.717) is 5.46 Å². The van der Waals surface area contributed by atoms with Gasteiger partial charge in [-0.3, -0.25) is 0 Å². The molecule has 1 atom stereocenters. The molecule has 0 N–H and O–H groups in total. The summed E-state index contributed by atoms with van der Waals surface area (Å²) in [5, 5.41) is 0. The summed E-state index contributed by atoms with van der Waals surface area (Å²) in [6, 6.07) is 6.93. The van der Waals surface area contributed by atoms with Gasteiger partial charge in [-0.25, -0.2) is 8.57 Å². The van der Waals surface area contributed by atoms with Crippen LogP contribution in [0.1, 0.15) is 0 Å². The Hall–Kier alpha value is -0.765. The second-order valence-corrected chi connectivity index (χ2v) is 5.00. The Morgan fingerprint density at radius 1 is 1.33 bits per heavy atom. The summed E-state index contributed by atoms with van der Waals surface area (Å²) in [6.45, 7) is 0. The van der Waals surface area contributed by atoms with Gasteiger partial charge >= 0.3 is 0 Å². The molecular formula is C8H10BNOS. The Labute approximate surface area is 74.6 Å². The summed E-state index contributed by atoms with van der Waals surface area (Å²) < 4.78 is 15.5. The normalized spacial score (nSPS) is 15.2. The van der Waals surface area contributed by atoms with Gasteiger partial charge in [0.05, 0.1) is 9.73 Å². The smallest absolute Gasteiger partial charge is 0.113 e. The second-order valence-electron chi connectivity index (χ2n) is 2.55. The van der Waals surface area contributed by atoms with E-state index in [1.165, 1.54) is 0 Å². The van der Waals surface area contributed by atoms with Crippen LogP contribution in [0, 0.1) is 0 Å². The van der Waals surface area contributed by atoms with Gasteiger partial charge in [0.15, 0.2) is 0 Å². The lowest BCUT2D eigenvalue weighted by molar-refractivity contribution is 0.680. The molecule has 1 rings (SSSR count). The first-order valence-electron chi connectivity index (χ1n) is 3.52. The molecule has 0 fully saturated rings. The molecular weight excluding hydrogens is 169 g/mol. The van der Waals surface area contributed by atoms with Crippen molar-refractivity contribution >= 4 is 23.0 Å². The van der Waals surface area contributed by atoms with Crippen LogP contribution in [0.2, 0.25) is 0 Å². The predicted molar refractivity (Wildman–Crippen MR) is 52.5 cm³/mol. The number of hydrogen-bond acceptors (Lipinski definition) is 2. The highest BCUT2D eigenvalue weighted by molar-refractivity contribution is 7.93. The highest BCUT2D eigenvalue weighted by atomic mass is 32.2.